The summed E-state index contributed by atoms with van der Waals surface area (Å²) in [7, 11) is 0. The summed E-state index contributed by atoms with van der Waals surface area (Å²) in [5, 5.41) is 28.9. The molecule has 5 nitrogen and oxygen atoms in total. The van der Waals surface area contributed by atoms with Gasteiger partial charge in [0.05, 0.1) is 12.5 Å². The highest BCUT2D eigenvalue weighted by molar-refractivity contribution is 5.68. The van der Waals surface area contributed by atoms with Gasteiger partial charge in [0, 0.05) is 12.0 Å². The van der Waals surface area contributed by atoms with E-state index in [0.717, 1.165) is 24.0 Å². The molecule has 0 spiro atoms. The van der Waals surface area contributed by atoms with Gasteiger partial charge in [-0.1, -0.05) is 25.5 Å². The van der Waals surface area contributed by atoms with Crippen LogP contribution in [0.5, 0.6) is 11.5 Å². The average Bonchev–Trinajstić information content (AvgIpc) is 2.83. The van der Waals surface area contributed by atoms with Gasteiger partial charge in [0.15, 0.2) is 0 Å². The van der Waals surface area contributed by atoms with Crippen molar-refractivity contribution in [2.75, 3.05) is 0 Å². The Morgan fingerprint density at radius 3 is 2.78 bits per heavy atom. The number of hydrogen-bond donors (Lipinski definition) is 3. The summed E-state index contributed by atoms with van der Waals surface area (Å²) in [6.45, 7) is 3.84. The Morgan fingerprint density at radius 2 is 2.17 bits per heavy atom. The first kappa shape index (κ1) is 17.3. The van der Waals surface area contributed by atoms with Crippen LogP contribution in [0.15, 0.2) is 29.8 Å². The Balaban J connectivity index is 2.19. The van der Waals surface area contributed by atoms with Crippen molar-refractivity contribution >= 4 is 5.97 Å². The quantitative estimate of drug-likeness (QED) is 0.672. The van der Waals surface area contributed by atoms with E-state index in [4.69, 9.17) is 9.84 Å². The molecule has 3 N–H and O–H groups in total. The highest BCUT2D eigenvalue weighted by Gasteiger charge is 2.35. The maximum absolute atomic E-state index is 11.1. The number of aliphatic hydroxyl groups is 1. The number of aromatic hydroxyl groups is 1. The minimum atomic E-state index is -0.926. The van der Waals surface area contributed by atoms with Gasteiger partial charge in [0.25, 0.3) is 0 Å². The molecule has 0 aliphatic heterocycles. The van der Waals surface area contributed by atoms with Crippen LogP contribution < -0.4 is 4.74 Å². The largest absolute Gasteiger partial charge is 0.508 e. The number of carbonyl (C=O) groups is 1. The number of ether oxygens (including phenoxy) is 1. The molecule has 1 aromatic rings. The molecule has 3 unspecified atom stereocenters. The first-order valence-corrected chi connectivity index (χ1v) is 7.98. The number of aryl methyl sites for hydroxylation is 1. The number of phenolic OH excluding ortho intramolecular Hbond substituents is 1. The van der Waals surface area contributed by atoms with Gasteiger partial charge in [-0.25, -0.2) is 0 Å². The molecule has 5 heteroatoms. The van der Waals surface area contributed by atoms with Crippen molar-refractivity contribution in [3.8, 4) is 11.5 Å². The highest BCUT2D eigenvalue weighted by atomic mass is 16.5. The van der Waals surface area contributed by atoms with Crippen LogP contribution in [0, 0.1) is 12.8 Å². The van der Waals surface area contributed by atoms with Crippen molar-refractivity contribution < 1.29 is 24.9 Å². The second-order valence-corrected chi connectivity index (χ2v) is 6.05. The van der Waals surface area contributed by atoms with Crippen LogP contribution in [0.25, 0.3) is 0 Å². The molecule has 0 aromatic heterocycles. The molecule has 0 bridgehead atoms. The zero-order valence-corrected chi connectivity index (χ0v) is 13.5. The maximum Gasteiger partial charge on any atom is 0.304 e. The fourth-order valence-electron chi connectivity index (χ4n) is 2.99. The van der Waals surface area contributed by atoms with E-state index in [9.17, 15) is 15.0 Å². The van der Waals surface area contributed by atoms with Crippen molar-refractivity contribution in [1.82, 2.24) is 0 Å². The average molecular weight is 320 g/mol. The number of carboxylic acids is 1. The lowest BCUT2D eigenvalue weighted by Gasteiger charge is -2.26. The van der Waals surface area contributed by atoms with Gasteiger partial charge < -0.3 is 20.1 Å². The molecular weight excluding hydrogens is 296 g/mol. The predicted octanol–water partition coefficient (Wildman–Crippen LogP) is 3.03. The second kappa shape index (κ2) is 7.51. The van der Waals surface area contributed by atoms with Crippen LogP contribution >= 0.6 is 0 Å². The molecular formula is C18H24O5. The Kier molecular flexibility index (Phi) is 5.66. The number of benzene rings is 1. The van der Waals surface area contributed by atoms with Crippen LogP contribution in [0.1, 0.15) is 38.2 Å². The molecule has 1 aliphatic carbocycles. The van der Waals surface area contributed by atoms with Crippen molar-refractivity contribution in [2.24, 2.45) is 5.92 Å². The predicted molar refractivity (Wildman–Crippen MR) is 86.6 cm³/mol. The monoisotopic (exact) mass is 320 g/mol. The number of phenols is 1. The van der Waals surface area contributed by atoms with Crippen LogP contribution in [0.2, 0.25) is 0 Å². The molecule has 0 fully saturated rings. The van der Waals surface area contributed by atoms with Crippen LogP contribution in [0.3, 0.4) is 0 Å². The van der Waals surface area contributed by atoms with E-state index in [2.05, 4.69) is 0 Å². The first-order valence-electron chi connectivity index (χ1n) is 7.98. The lowest BCUT2D eigenvalue weighted by atomic mass is 9.90. The minimum absolute atomic E-state index is 0.101. The van der Waals surface area contributed by atoms with E-state index >= 15 is 0 Å². The lowest BCUT2D eigenvalue weighted by Crippen LogP contribution is -2.28. The lowest BCUT2D eigenvalue weighted by molar-refractivity contribution is -0.138. The normalized spacial score (nSPS) is 21.8. The molecule has 23 heavy (non-hydrogen) atoms. The van der Waals surface area contributed by atoms with Crippen LogP contribution in [-0.4, -0.2) is 33.5 Å². The van der Waals surface area contributed by atoms with Crippen molar-refractivity contribution in [1.29, 1.82) is 0 Å². The minimum Gasteiger partial charge on any atom is -0.508 e. The Hall–Kier alpha value is -2.01. The number of hydrogen-bond acceptors (Lipinski definition) is 4. The summed E-state index contributed by atoms with van der Waals surface area (Å²) < 4.78 is 6.00. The molecule has 3 atom stereocenters. The number of carboxylic acid groups (broad SMARTS) is 1. The Morgan fingerprint density at radius 1 is 1.43 bits per heavy atom. The van der Waals surface area contributed by atoms with E-state index < -0.39 is 18.0 Å². The van der Waals surface area contributed by atoms with Gasteiger partial charge in [-0.3, -0.25) is 4.79 Å². The Labute approximate surface area is 136 Å². The smallest absolute Gasteiger partial charge is 0.304 e. The number of aliphatic carboxylic acids is 1. The van der Waals surface area contributed by atoms with Crippen molar-refractivity contribution in [3.63, 3.8) is 0 Å². The van der Waals surface area contributed by atoms with E-state index in [1.165, 1.54) is 0 Å². The zero-order chi connectivity index (χ0) is 17.0. The van der Waals surface area contributed by atoms with E-state index in [1.54, 1.807) is 25.1 Å². The molecule has 2 rings (SSSR count). The fourth-order valence-corrected chi connectivity index (χ4v) is 2.99. The first-order chi connectivity index (χ1) is 10.9. The van der Waals surface area contributed by atoms with Crippen LogP contribution in [0.4, 0.5) is 0 Å². The maximum atomic E-state index is 11.1. The summed E-state index contributed by atoms with van der Waals surface area (Å²) in [4.78, 5) is 11.1. The molecule has 0 saturated heterocycles. The molecule has 0 saturated carbocycles. The molecule has 126 valence electrons. The molecule has 0 heterocycles. The zero-order valence-electron chi connectivity index (χ0n) is 13.5. The SMILES string of the molecule is CCCC(Oc1ccc(C)c(O)c1)C1=CCC(O)C1CC(=O)O. The van der Waals surface area contributed by atoms with Crippen molar-refractivity contribution in [2.45, 2.75) is 51.7 Å². The fraction of sp³-hybridized carbons (Fsp3) is 0.500. The van der Waals surface area contributed by atoms with E-state index in [1.807, 2.05) is 13.0 Å². The van der Waals surface area contributed by atoms with Crippen LogP contribution in [-0.2, 0) is 4.79 Å². The second-order valence-electron chi connectivity index (χ2n) is 6.05. The van der Waals surface area contributed by atoms with Gasteiger partial charge >= 0.3 is 5.97 Å². The summed E-state index contributed by atoms with van der Waals surface area (Å²) in [5.74, 6) is -0.628. The third kappa shape index (κ3) is 4.26. The van der Waals surface area contributed by atoms with E-state index in [-0.39, 0.29) is 18.3 Å². The van der Waals surface area contributed by atoms with Gasteiger partial charge in [-0.2, -0.15) is 0 Å². The van der Waals surface area contributed by atoms with Gasteiger partial charge in [0.1, 0.15) is 17.6 Å². The summed E-state index contributed by atoms with van der Waals surface area (Å²) in [5.41, 5.74) is 1.62. The Bertz CT molecular complexity index is 593. The standard InChI is InChI=1S/C18H24O5/c1-3-4-17(23-12-6-5-11(2)16(20)9-12)13-7-8-15(19)14(13)10-18(21)22/h5-7,9,14-15,17,19-20H,3-4,8,10H2,1-2H3,(H,21,22). The van der Waals surface area contributed by atoms with Crippen molar-refractivity contribution in [3.05, 3.63) is 35.4 Å². The number of rotatable bonds is 7. The third-order valence-corrected chi connectivity index (χ3v) is 4.26. The molecule has 1 aromatic carbocycles. The highest BCUT2D eigenvalue weighted by Crippen LogP contribution is 2.35. The van der Waals surface area contributed by atoms with Gasteiger partial charge in [-0.05, 0) is 37.0 Å². The topological polar surface area (TPSA) is 87.0 Å². The number of aliphatic hydroxyl groups excluding tert-OH is 1. The summed E-state index contributed by atoms with van der Waals surface area (Å²) in [6.07, 6.45) is 2.89. The molecule has 0 amide bonds. The summed E-state index contributed by atoms with van der Waals surface area (Å²) >= 11 is 0. The molecule has 1 aliphatic rings. The van der Waals surface area contributed by atoms with E-state index in [0.29, 0.717) is 12.2 Å². The van der Waals surface area contributed by atoms with Gasteiger partial charge in [0.2, 0.25) is 0 Å². The summed E-state index contributed by atoms with van der Waals surface area (Å²) in [6, 6.07) is 5.13. The molecule has 0 radical (unpaired) electrons. The third-order valence-electron chi connectivity index (χ3n) is 4.26. The van der Waals surface area contributed by atoms with Gasteiger partial charge in [-0.15, -0.1) is 0 Å².